The number of alkyl halides is 3. The Hall–Kier alpha value is -2.97. The number of aliphatic imine (C=N–C) groups is 1. The fourth-order valence-corrected chi connectivity index (χ4v) is 1.65. The molecule has 0 radical (unpaired) electrons. The summed E-state index contributed by atoms with van der Waals surface area (Å²) in [4.78, 5) is 7.72. The fraction of sp³-hybridized carbons (Fsp3) is 0.133. The molecule has 1 aromatic heterocycles. The quantitative estimate of drug-likeness (QED) is 0.393. The Morgan fingerprint density at radius 1 is 1.25 bits per heavy atom. The molecule has 0 unspecified atom stereocenters. The van der Waals surface area contributed by atoms with Gasteiger partial charge in [-0.05, 0) is 24.3 Å². The van der Waals surface area contributed by atoms with Crippen molar-refractivity contribution in [1.29, 1.82) is 0 Å². The largest absolute Gasteiger partial charge is 0.471 e. The van der Waals surface area contributed by atoms with Gasteiger partial charge in [0.15, 0.2) is 0 Å². The zero-order chi connectivity index (χ0) is 17.6. The van der Waals surface area contributed by atoms with E-state index in [2.05, 4.69) is 15.1 Å². The van der Waals surface area contributed by atoms with Crippen LogP contribution in [0.4, 0.5) is 23.2 Å². The number of nitrogens with zero attached hydrogens (tertiary/aromatic N) is 3. The summed E-state index contributed by atoms with van der Waals surface area (Å²) >= 11 is 0. The molecule has 9 heteroatoms. The molecule has 0 aliphatic heterocycles. The Labute approximate surface area is 134 Å². The number of hydrazone groups is 1. The van der Waals surface area contributed by atoms with E-state index in [0.717, 1.165) is 12.3 Å². The monoisotopic (exact) mass is 340 g/mol. The minimum absolute atomic E-state index is 0.0790. The van der Waals surface area contributed by atoms with Crippen molar-refractivity contribution in [1.82, 2.24) is 4.98 Å². The fourth-order valence-electron chi connectivity index (χ4n) is 1.65. The van der Waals surface area contributed by atoms with E-state index in [9.17, 15) is 17.6 Å². The number of halogens is 4. The molecule has 1 aromatic carbocycles. The van der Waals surface area contributed by atoms with Crippen LogP contribution in [0, 0.1) is 5.82 Å². The maximum Gasteiger partial charge on any atom is 0.419 e. The number of nitrogens with two attached hydrogens (primary N) is 1. The molecule has 2 rings (SSSR count). The normalized spacial score (nSPS) is 12.6. The van der Waals surface area contributed by atoms with E-state index < -0.39 is 17.6 Å². The average molecular weight is 340 g/mol. The Bertz CT molecular complexity index is 745. The summed E-state index contributed by atoms with van der Waals surface area (Å²) in [7, 11) is 0. The van der Waals surface area contributed by atoms with Gasteiger partial charge in [0.25, 0.3) is 0 Å². The van der Waals surface area contributed by atoms with Crippen molar-refractivity contribution in [2.45, 2.75) is 6.18 Å². The van der Waals surface area contributed by atoms with Crippen molar-refractivity contribution in [3.05, 3.63) is 54.0 Å². The number of aromatic nitrogens is 1. The van der Waals surface area contributed by atoms with E-state index in [0.29, 0.717) is 18.0 Å². The minimum Gasteiger partial charge on any atom is -0.471 e. The summed E-state index contributed by atoms with van der Waals surface area (Å²) in [5.74, 6) is 4.14. The second kappa shape index (κ2) is 7.53. The average Bonchev–Trinajstić information content (AvgIpc) is 2.56. The van der Waals surface area contributed by atoms with Crippen molar-refractivity contribution >= 4 is 17.6 Å². The van der Waals surface area contributed by atoms with E-state index in [1.165, 1.54) is 6.20 Å². The Kier molecular flexibility index (Phi) is 5.46. The molecule has 0 aliphatic carbocycles. The van der Waals surface area contributed by atoms with Crippen LogP contribution in [-0.4, -0.2) is 23.5 Å². The number of hydrogen-bond donors (Lipinski definition) is 1. The molecule has 0 aliphatic rings. The van der Waals surface area contributed by atoms with Crippen molar-refractivity contribution < 1.29 is 22.3 Å². The standard InChI is InChI=1S/C15H12F4N4O/c16-13-5-4-10(7-12(13)15(17,18)19)22-8-11(23-20)9-24-14-3-1-2-6-21-14/h1-8H,9,20H2. The van der Waals surface area contributed by atoms with Crippen LogP contribution >= 0.6 is 0 Å². The molecular formula is C15H12F4N4O. The second-order valence-electron chi connectivity index (χ2n) is 4.50. The van der Waals surface area contributed by atoms with E-state index in [1.54, 1.807) is 18.2 Å². The van der Waals surface area contributed by atoms with E-state index >= 15 is 0 Å². The lowest BCUT2D eigenvalue weighted by Crippen LogP contribution is -2.15. The van der Waals surface area contributed by atoms with Gasteiger partial charge in [0.05, 0.1) is 17.5 Å². The molecule has 0 saturated carbocycles. The first-order valence-electron chi connectivity index (χ1n) is 6.61. The molecule has 1 heterocycles. The summed E-state index contributed by atoms with van der Waals surface area (Å²) < 4.78 is 56.4. The summed E-state index contributed by atoms with van der Waals surface area (Å²) in [5, 5.41) is 3.43. The van der Waals surface area contributed by atoms with Crippen LogP contribution in [0.15, 0.2) is 52.7 Å². The molecule has 5 nitrogen and oxygen atoms in total. The molecule has 2 aromatic rings. The van der Waals surface area contributed by atoms with E-state index in [1.807, 2.05) is 0 Å². The summed E-state index contributed by atoms with van der Waals surface area (Å²) in [6.45, 7) is -0.0790. The van der Waals surface area contributed by atoms with Gasteiger partial charge in [-0.3, -0.25) is 4.99 Å². The molecule has 0 fully saturated rings. The van der Waals surface area contributed by atoms with Crippen LogP contribution in [0.2, 0.25) is 0 Å². The maximum absolute atomic E-state index is 13.2. The van der Waals surface area contributed by atoms with Gasteiger partial charge in [0.2, 0.25) is 5.88 Å². The zero-order valence-electron chi connectivity index (χ0n) is 12.2. The van der Waals surface area contributed by atoms with Crippen molar-refractivity contribution in [3.63, 3.8) is 0 Å². The molecule has 126 valence electrons. The topological polar surface area (TPSA) is 72.9 Å². The van der Waals surface area contributed by atoms with Gasteiger partial charge < -0.3 is 10.6 Å². The molecule has 0 amide bonds. The highest BCUT2D eigenvalue weighted by Crippen LogP contribution is 2.33. The van der Waals surface area contributed by atoms with Crippen LogP contribution in [0.5, 0.6) is 5.88 Å². The van der Waals surface area contributed by atoms with E-state index in [-0.39, 0.29) is 18.0 Å². The maximum atomic E-state index is 13.2. The third-order valence-electron chi connectivity index (χ3n) is 2.79. The lowest BCUT2D eigenvalue weighted by atomic mass is 10.2. The summed E-state index contributed by atoms with van der Waals surface area (Å²) in [6.07, 6.45) is -2.14. The predicted octanol–water partition coefficient (Wildman–Crippen LogP) is 3.34. The molecule has 24 heavy (non-hydrogen) atoms. The zero-order valence-corrected chi connectivity index (χ0v) is 12.2. The van der Waals surface area contributed by atoms with Crippen LogP contribution in [0.25, 0.3) is 0 Å². The van der Waals surface area contributed by atoms with Gasteiger partial charge in [-0.25, -0.2) is 9.37 Å². The SMILES string of the molecule is NN=C(C=Nc1ccc(F)c(C(F)(F)F)c1)COc1ccccn1. The summed E-state index contributed by atoms with van der Waals surface area (Å²) in [6, 6.07) is 7.43. The van der Waals surface area contributed by atoms with Gasteiger partial charge in [-0.2, -0.15) is 18.3 Å². The van der Waals surface area contributed by atoms with Gasteiger partial charge in [0.1, 0.15) is 18.1 Å². The number of rotatable bonds is 5. The molecule has 0 spiro atoms. The second-order valence-corrected chi connectivity index (χ2v) is 4.50. The van der Waals surface area contributed by atoms with Crippen molar-refractivity contribution in [2.24, 2.45) is 15.9 Å². The predicted molar refractivity (Wildman–Crippen MR) is 80.9 cm³/mol. The highest BCUT2D eigenvalue weighted by Gasteiger charge is 2.34. The first kappa shape index (κ1) is 17.4. The first-order valence-corrected chi connectivity index (χ1v) is 6.61. The van der Waals surface area contributed by atoms with Crippen LogP contribution in [-0.2, 0) is 6.18 Å². The molecular weight excluding hydrogens is 328 g/mol. The smallest absolute Gasteiger partial charge is 0.419 e. The number of ether oxygens (including phenoxy) is 1. The number of pyridine rings is 1. The van der Waals surface area contributed by atoms with Crippen molar-refractivity contribution in [3.8, 4) is 5.88 Å². The van der Waals surface area contributed by atoms with Crippen LogP contribution in [0.3, 0.4) is 0 Å². The van der Waals surface area contributed by atoms with Crippen molar-refractivity contribution in [2.75, 3.05) is 6.61 Å². The number of hydrogen-bond acceptors (Lipinski definition) is 5. The first-order chi connectivity index (χ1) is 11.4. The lowest BCUT2D eigenvalue weighted by Gasteiger charge is -2.08. The highest BCUT2D eigenvalue weighted by atomic mass is 19.4. The number of benzene rings is 1. The molecule has 0 atom stereocenters. The van der Waals surface area contributed by atoms with Gasteiger partial charge in [0, 0.05) is 12.3 Å². The summed E-state index contributed by atoms with van der Waals surface area (Å²) in [5.41, 5.74) is -1.32. The van der Waals surface area contributed by atoms with Crippen LogP contribution < -0.4 is 10.6 Å². The minimum atomic E-state index is -4.80. The van der Waals surface area contributed by atoms with E-state index in [4.69, 9.17) is 10.6 Å². The van der Waals surface area contributed by atoms with Gasteiger partial charge in [-0.1, -0.05) is 6.07 Å². The molecule has 0 saturated heterocycles. The van der Waals surface area contributed by atoms with Crippen LogP contribution in [0.1, 0.15) is 5.56 Å². The Balaban J connectivity index is 2.08. The molecule has 2 N–H and O–H groups in total. The molecule has 0 bridgehead atoms. The Morgan fingerprint density at radius 2 is 2.04 bits per heavy atom. The highest BCUT2D eigenvalue weighted by molar-refractivity contribution is 6.31. The third kappa shape index (κ3) is 4.77. The third-order valence-corrected chi connectivity index (χ3v) is 2.79. The Morgan fingerprint density at radius 3 is 2.67 bits per heavy atom. The van der Waals surface area contributed by atoms with Gasteiger partial charge in [-0.15, -0.1) is 0 Å². The van der Waals surface area contributed by atoms with Gasteiger partial charge >= 0.3 is 6.18 Å². The lowest BCUT2D eigenvalue weighted by molar-refractivity contribution is -0.139.